The molecule has 82 valence electrons. The Labute approximate surface area is 86.1 Å². The van der Waals surface area contributed by atoms with Crippen molar-refractivity contribution in [1.29, 1.82) is 0 Å². The monoisotopic (exact) mass is 199 g/mol. The molecule has 0 spiro atoms. The Morgan fingerprint density at radius 2 is 1.79 bits per heavy atom. The summed E-state index contributed by atoms with van der Waals surface area (Å²) < 4.78 is 0. The molecule has 0 aromatic heterocycles. The Kier molecular flexibility index (Phi) is 3.53. The predicted molar refractivity (Wildman–Crippen MR) is 56.2 cm³/mol. The van der Waals surface area contributed by atoms with Crippen molar-refractivity contribution in [2.45, 2.75) is 33.7 Å². The van der Waals surface area contributed by atoms with Crippen molar-refractivity contribution in [3.8, 4) is 0 Å². The highest BCUT2D eigenvalue weighted by atomic mass is 16.4. The van der Waals surface area contributed by atoms with Crippen LogP contribution in [0.4, 0.5) is 0 Å². The van der Waals surface area contributed by atoms with E-state index in [1.165, 1.54) is 0 Å². The van der Waals surface area contributed by atoms with Crippen molar-refractivity contribution in [2.24, 2.45) is 17.8 Å². The van der Waals surface area contributed by atoms with Crippen LogP contribution in [0.5, 0.6) is 0 Å². The van der Waals surface area contributed by atoms with Crippen LogP contribution in [0, 0.1) is 17.8 Å². The summed E-state index contributed by atoms with van der Waals surface area (Å²) >= 11 is 0. The zero-order chi connectivity index (χ0) is 10.9. The summed E-state index contributed by atoms with van der Waals surface area (Å²) in [6, 6.07) is 0.576. The van der Waals surface area contributed by atoms with E-state index in [4.69, 9.17) is 5.11 Å². The SMILES string of the molecule is CC(C)C(C)N1CC(C(C)C(=O)O)C1. The number of aliphatic carboxylic acids is 1. The average molecular weight is 199 g/mol. The zero-order valence-electron chi connectivity index (χ0n) is 9.53. The van der Waals surface area contributed by atoms with Gasteiger partial charge in [0.2, 0.25) is 0 Å². The molecule has 1 heterocycles. The summed E-state index contributed by atoms with van der Waals surface area (Å²) in [7, 11) is 0. The second-order valence-corrected chi connectivity index (χ2v) is 4.83. The fourth-order valence-electron chi connectivity index (χ4n) is 1.82. The molecule has 0 radical (unpaired) electrons. The number of hydrogen-bond donors (Lipinski definition) is 1. The highest BCUT2D eigenvalue weighted by Crippen LogP contribution is 2.27. The van der Waals surface area contributed by atoms with Crippen molar-refractivity contribution in [1.82, 2.24) is 4.90 Å². The lowest BCUT2D eigenvalue weighted by atomic mass is 9.85. The van der Waals surface area contributed by atoms with Gasteiger partial charge in [-0.15, -0.1) is 0 Å². The standard InChI is InChI=1S/C11H21NO2/c1-7(2)9(4)12-5-10(6-12)8(3)11(13)14/h7-10H,5-6H2,1-4H3,(H,13,14). The second kappa shape index (κ2) is 4.30. The van der Waals surface area contributed by atoms with Crippen LogP contribution in [-0.2, 0) is 4.79 Å². The molecule has 0 saturated carbocycles. The average Bonchev–Trinajstić information content (AvgIpc) is 2.00. The number of carbonyl (C=O) groups is 1. The van der Waals surface area contributed by atoms with Gasteiger partial charge in [-0.25, -0.2) is 0 Å². The number of hydrogen-bond acceptors (Lipinski definition) is 2. The molecule has 1 aliphatic heterocycles. The van der Waals surface area contributed by atoms with Crippen LogP contribution in [0.1, 0.15) is 27.7 Å². The van der Waals surface area contributed by atoms with Crippen molar-refractivity contribution in [3.63, 3.8) is 0 Å². The third kappa shape index (κ3) is 2.27. The van der Waals surface area contributed by atoms with Crippen LogP contribution in [0.15, 0.2) is 0 Å². The predicted octanol–water partition coefficient (Wildman–Crippen LogP) is 1.68. The fourth-order valence-corrected chi connectivity index (χ4v) is 1.82. The lowest BCUT2D eigenvalue weighted by Crippen LogP contribution is -2.55. The van der Waals surface area contributed by atoms with Gasteiger partial charge in [-0.1, -0.05) is 20.8 Å². The van der Waals surface area contributed by atoms with Crippen molar-refractivity contribution < 1.29 is 9.90 Å². The van der Waals surface area contributed by atoms with E-state index in [1.54, 1.807) is 0 Å². The van der Waals surface area contributed by atoms with Crippen LogP contribution in [0.2, 0.25) is 0 Å². The highest BCUT2D eigenvalue weighted by molar-refractivity contribution is 5.70. The van der Waals surface area contributed by atoms with E-state index in [0.717, 1.165) is 13.1 Å². The summed E-state index contributed by atoms with van der Waals surface area (Å²) in [6.07, 6.45) is 0. The number of carboxylic acids is 1. The lowest BCUT2D eigenvalue weighted by Gasteiger charge is -2.46. The quantitative estimate of drug-likeness (QED) is 0.749. The number of nitrogens with zero attached hydrogens (tertiary/aromatic N) is 1. The van der Waals surface area contributed by atoms with E-state index in [2.05, 4.69) is 25.7 Å². The van der Waals surface area contributed by atoms with Crippen LogP contribution >= 0.6 is 0 Å². The topological polar surface area (TPSA) is 40.5 Å². The van der Waals surface area contributed by atoms with Gasteiger partial charge in [0.25, 0.3) is 0 Å². The normalized spacial score (nSPS) is 23.2. The summed E-state index contributed by atoms with van der Waals surface area (Å²) in [6.45, 7) is 10.3. The number of rotatable bonds is 4. The minimum Gasteiger partial charge on any atom is -0.481 e. The van der Waals surface area contributed by atoms with Crippen LogP contribution < -0.4 is 0 Å². The van der Waals surface area contributed by atoms with Crippen molar-refractivity contribution in [2.75, 3.05) is 13.1 Å². The lowest BCUT2D eigenvalue weighted by molar-refractivity contribution is -0.146. The molecule has 0 aromatic carbocycles. The third-order valence-corrected chi connectivity index (χ3v) is 3.58. The van der Waals surface area contributed by atoms with E-state index in [1.807, 2.05) is 6.92 Å². The molecular formula is C11H21NO2. The summed E-state index contributed by atoms with van der Waals surface area (Å²) in [5.41, 5.74) is 0. The highest BCUT2D eigenvalue weighted by Gasteiger charge is 2.37. The van der Waals surface area contributed by atoms with Gasteiger partial charge in [-0.3, -0.25) is 9.69 Å². The van der Waals surface area contributed by atoms with Gasteiger partial charge < -0.3 is 5.11 Å². The number of likely N-dealkylation sites (tertiary alicyclic amines) is 1. The minimum absolute atomic E-state index is 0.189. The molecule has 3 nitrogen and oxygen atoms in total. The fraction of sp³-hybridized carbons (Fsp3) is 0.909. The zero-order valence-corrected chi connectivity index (χ0v) is 9.53. The van der Waals surface area contributed by atoms with Crippen LogP contribution in [-0.4, -0.2) is 35.1 Å². The Bertz CT molecular complexity index is 209. The molecule has 0 bridgehead atoms. The maximum Gasteiger partial charge on any atom is 0.306 e. The Morgan fingerprint density at radius 3 is 2.14 bits per heavy atom. The molecule has 1 saturated heterocycles. The maximum absolute atomic E-state index is 10.7. The first-order valence-electron chi connectivity index (χ1n) is 5.40. The van der Waals surface area contributed by atoms with E-state index >= 15 is 0 Å². The molecule has 1 N–H and O–H groups in total. The van der Waals surface area contributed by atoms with E-state index in [9.17, 15) is 4.79 Å². The molecule has 1 fully saturated rings. The Morgan fingerprint density at radius 1 is 1.29 bits per heavy atom. The molecule has 0 aromatic rings. The maximum atomic E-state index is 10.7. The van der Waals surface area contributed by atoms with Crippen LogP contribution in [0.3, 0.4) is 0 Å². The summed E-state index contributed by atoms with van der Waals surface area (Å²) in [5.74, 6) is 0.155. The van der Waals surface area contributed by atoms with Gasteiger partial charge in [0.1, 0.15) is 0 Å². The van der Waals surface area contributed by atoms with E-state index in [0.29, 0.717) is 17.9 Å². The van der Waals surface area contributed by atoms with E-state index < -0.39 is 5.97 Å². The second-order valence-electron chi connectivity index (χ2n) is 4.83. The molecule has 2 unspecified atom stereocenters. The van der Waals surface area contributed by atoms with Crippen molar-refractivity contribution in [3.05, 3.63) is 0 Å². The molecule has 14 heavy (non-hydrogen) atoms. The largest absolute Gasteiger partial charge is 0.481 e. The third-order valence-electron chi connectivity index (χ3n) is 3.58. The molecular weight excluding hydrogens is 178 g/mol. The van der Waals surface area contributed by atoms with E-state index in [-0.39, 0.29) is 5.92 Å². The smallest absolute Gasteiger partial charge is 0.306 e. The molecule has 1 rings (SSSR count). The van der Waals surface area contributed by atoms with Gasteiger partial charge in [-0.2, -0.15) is 0 Å². The number of carboxylic acid groups (broad SMARTS) is 1. The first-order valence-corrected chi connectivity index (χ1v) is 5.40. The molecule has 2 atom stereocenters. The Hall–Kier alpha value is -0.570. The van der Waals surface area contributed by atoms with Gasteiger partial charge in [-0.05, 0) is 18.8 Å². The van der Waals surface area contributed by atoms with Gasteiger partial charge >= 0.3 is 5.97 Å². The molecule has 0 aliphatic carbocycles. The van der Waals surface area contributed by atoms with Crippen LogP contribution in [0.25, 0.3) is 0 Å². The Balaban J connectivity index is 2.33. The van der Waals surface area contributed by atoms with Gasteiger partial charge in [0.15, 0.2) is 0 Å². The summed E-state index contributed by atoms with van der Waals surface area (Å²) in [4.78, 5) is 13.1. The first-order chi connectivity index (χ1) is 6.43. The summed E-state index contributed by atoms with van der Waals surface area (Å²) in [5, 5.41) is 8.83. The molecule has 0 amide bonds. The first kappa shape index (κ1) is 11.5. The molecule has 3 heteroatoms. The van der Waals surface area contributed by atoms with Gasteiger partial charge in [0.05, 0.1) is 5.92 Å². The van der Waals surface area contributed by atoms with Gasteiger partial charge in [0, 0.05) is 19.1 Å². The van der Waals surface area contributed by atoms with Crippen molar-refractivity contribution >= 4 is 5.97 Å². The molecule has 1 aliphatic rings. The minimum atomic E-state index is -0.660.